The fourth-order valence-corrected chi connectivity index (χ4v) is 4.85. The normalized spacial score (nSPS) is 17.1. The summed E-state index contributed by atoms with van der Waals surface area (Å²) in [4.78, 5) is 14.9. The minimum Gasteiger partial charge on any atom is -0.496 e. The molecule has 0 saturated carbocycles. The van der Waals surface area contributed by atoms with Crippen LogP contribution in [0, 0.1) is 5.92 Å². The first-order valence-corrected chi connectivity index (χ1v) is 10.4. The lowest BCUT2D eigenvalue weighted by Crippen LogP contribution is -2.32. The number of methoxy groups -OCH3 is 1. The zero-order chi connectivity index (χ0) is 19.3. The third kappa shape index (κ3) is 5.13. The molecule has 1 amide bonds. The molecule has 9 heteroatoms. The van der Waals surface area contributed by atoms with E-state index in [1.807, 2.05) is 7.05 Å². The first-order chi connectivity index (χ1) is 12.4. The van der Waals surface area contributed by atoms with Gasteiger partial charge < -0.3 is 15.0 Å². The van der Waals surface area contributed by atoms with Gasteiger partial charge in [-0.1, -0.05) is 13.8 Å². The van der Waals surface area contributed by atoms with E-state index >= 15 is 0 Å². The molecule has 1 unspecified atom stereocenters. The molecule has 1 N–H and O–H groups in total. The van der Waals surface area contributed by atoms with Gasteiger partial charge in [-0.05, 0) is 44.1 Å². The fourth-order valence-electron chi connectivity index (χ4n) is 3.37. The van der Waals surface area contributed by atoms with Crippen molar-refractivity contribution < 1.29 is 17.9 Å². The van der Waals surface area contributed by atoms with Crippen LogP contribution in [0.15, 0.2) is 23.1 Å². The summed E-state index contributed by atoms with van der Waals surface area (Å²) in [6, 6.07) is 4.50. The quantitative estimate of drug-likeness (QED) is 0.695. The van der Waals surface area contributed by atoms with E-state index in [0.29, 0.717) is 43.4 Å². The van der Waals surface area contributed by atoms with Crippen LogP contribution in [0.1, 0.15) is 30.6 Å². The summed E-state index contributed by atoms with van der Waals surface area (Å²) in [5.41, 5.74) is 0.297. The Morgan fingerprint density at radius 1 is 1.33 bits per heavy atom. The number of nitrogens with zero attached hydrogens (tertiary/aromatic N) is 2. The molecule has 1 aliphatic heterocycles. The zero-order valence-corrected chi connectivity index (χ0v) is 18.0. The minimum atomic E-state index is -3.63. The van der Waals surface area contributed by atoms with Crippen LogP contribution in [0.4, 0.5) is 0 Å². The van der Waals surface area contributed by atoms with Gasteiger partial charge in [-0.3, -0.25) is 4.79 Å². The van der Waals surface area contributed by atoms with Crippen molar-refractivity contribution >= 4 is 28.3 Å². The van der Waals surface area contributed by atoms with Crippen molar-refractivity contribution in [2.45, 2.75) is 25.2 Å². The SMILES string of the molecule is CCN(CC)S(=O)(=O)c1ccc(OC)c(C(=O)N2CCC(CNC)C2)c1.Cl. The standard InChI is InChI=1S/C18H29N3O4S.ClH/c1-5-21(6-2)26(23,24)15-7-8-17(25-4)16(11-15)18(22)20-10-9-14(13-20)12-19-3;/h7-8,11,14,19H,5-6,9-10,12-13H2,1-4H3;1H. The van der Waals surface area contributed by atoms with Crippen LogP contribution in [0.2, 0.25) is 0 Å². The summed E-state index contributed by atoms with van der Waals surface area (Å²) in [7, 11) is -0.246. The number of ether oxygens (including phenoxy) is 1. The Bertz CT molecular complexity index is 738. The highest BCUT2D eigenvalue weighted by molar-refractivity contribution is 7.89. The number of carbonyl (C=O) groups is 1. The molecule has 1 aromatic rings. The van der Waals surface area contributed by atoms with E-state index in [2.05, 4.69) is 5.32 Å². The molecule has 1 heterocycles. The number of halogens is 1. The highest BCUT2D eigenvalue weighted by atomic mass is 35.5. The second kappa shape index (κ2) is 10.3. The Morgan fingerprint density at radius 3 is 2.56 bits per heavy atom. The highest BCUT2D eigenvalue weighted by Crippen LogP contribution is 2.27. The van der Waals surface area contributed by atoms with Crippen molar-refractivity contribution in [2.75, 3.05) is 46.9 Å². The Balaban J connectivity index is 0.00000364. The molecule has 0 aromatic heterocycles. The molecule has 0 aliphatic carbocycles. The molecule has 0 bridgehead atoms. The molecule has 1 atom stereocenters. The van der Waals surface area contributed by atoms with Crippen LogP contribution in [-0.4, -0.2) is 70.4 Å². The average molecular weight is 420 g/mol. The lowest BCUT2D eigenvalue weighted by atomic mass is 10.1. The highest BCUT2D eigenvalue weighted by Gasteiger charge is 2.30. The maximum atomic E-state index is 13.0. The van der Waals surface area contributed by atoms with Crippen LogP contribution in [0.5, 0.6) is 5.75 Å². The van der Waals surface area contributed by atoms with E-state index in [1.54, 1.807) is 24.8 Å². The van der Waals surface area contributed by atoms with Crippen molar-refractivity contribution in [3.05, 3.63) is 23.8 Å². The molecular weight excluding hydrogens is 390 g/mol. The Labute approximate surface area is 168 Å². The Kier molecular flexibility index (Phi) is 9.01. The summed E-state index contributed by atoms with van der Waals surface area (Å²) in [5.74, 6) is 0.625. The molecule has 1 aromatic carbocycles. The van der Waals surface area contributed by atoms with Crippen LogP contribution < -0.4 is 10.1 Å². The van der Waals surface area contributed by atoms with E-state index in [9.17, 15) is 13.2 Å². The van der Waals surface area contributed by atoms with Gasteiger partial charge >= 0.3 is 0 Å². The van der Waals surface area contributed by atoms with Gasteiger partial charge in [-0.2, -0.15) is 4.31 Å². The van der Waals surface area contributed by atoms with E-state index in [-0.39, 0.29) is 23.2 Å². The van der Waals surface area contributed by atoms with Gasteiger partial charge in [0.15, 0.2) is 0 Å². The van der Waals surface area contributed by atoms with Crippen molar-refractivity contribution in [3.8, 4) is 5.75 Å². The molecule has 0 spiro atoms. The van der Waals surface area contributed by atoms with Crippen LogP contribution >= 0.6 is 12.4 Å². The Hall–Kier alpha value is -1.35. The van der Waals surface area contributed by atoms with Crippen molar-refractivity contribution in [1.29, 1.82) is 0 Å². The molecule has 2 rings (SSSR count). The molecule has 0 radical (unpaired) electrons. The first-order valence-electron chi connectivity index (χ1n) is 9.01. The monoisotopic (exact) mass is 419 g/mol. The molecule has 1 saturated heterocycles. The van der Waals surface area contributed by atoms with E-state index in [4.69, 9.17) is 4.74 Å². The molecule has 27 heavy (non-hydrogen) atoms. The summed E-state index contributed by atoms with van der Waals surface area (Å²) >= 11 is 0. The number of nitrogens with one attached hydrogen (secondary N) is 1. The molecule has 154 valence electrons. The van der Waals surface area contributed by atoms with Gasteiger partial charge in [0.1, 0.15) is 5.75 Å². The predicted octanol–water partition coefficient (Wildman–Crippen LogP) is 1.83. The third-order valence-corrected chi connectivity index (χ3v) is 6.86. The van der Waals surface area contributed by atoms with Gasteiger partial charge in [0, 0.05) is 26.2 Å². The van der Waals surface area contributed by atoms with Gasteiger partial charge in [0.05, 0.1) is 17.6 Å². The number of rotatable bonds is 8. The van der Waals surface area contributed by atoms with E-state index < -0.39 is 10.0 Å². The lowest BCUT2D eigenvalue weighted by Gasteiger charge is -2.21. The molecular formula is C18H30ClN3O4S. The van der Waals surface area contributed by atoms with Gasteiger partial charge in [-0.25, -0.2) is 8.42 Å². The predicted molar refractivity (Wildman–Crippen MR) is 108 cm³/mol. The van der Waals surface area contributed by atoms with E-state index in [1.165, 1.54) is 23.5 Å². The van der Waals surface area contributed by atoms with Crippen molar-refractivity contribution in [2.24, 2.45) is 5.92 Å². The second-order valence-electron chi connectivity index (χ2n) is 6.41. The summed E-state index contributed by atoms with van der Waals surface area (Å²) in [6.45, 7) is 6.54. The van der Waals surface area contributed by atoms with Crippen LogP contribution in [-0.2, 0) is 10.0 Å². The zero-order valence-electron chi connectivity index (χ0n) is 16.4. The largest absolute Gasteiger partial charge is 0.496 e. The number of benzene rings is 1. The number of hydrogen-bond donors (Lipinski definition) is 1. The summed E-state index contributed by atoms with van der Waals surface area (Å²) < 4.78 is 32.2. The maximum absolute atomic E-state index is 13.0. The van der Waals surface area contributed by atoms with Crippen molar-refractivity contribution in [3.63, 3.8) is 0 Å². The molecule has 1 fully saturated rings. The summed E-state index contributed by atoms with van der Waals surface area (Å²) in [5, 5.41) is 3.14. The number of amides is 1. The molecule has 1 aliphatic rings. The topological polar surface area (TPSA) is 79.0 Å². The fraction of sp³-hybridized carbons (Fsp3) is 0.611. The van der Waals surface area contributed by atoms with Gasteiger partial charge in [0.25, 0.3) is 5.91 Å². The summed E-state index contributed by atoms with van der Waals surface area (Å²) in [6.07, 6.45) is 0.937. The minimum absolute atomic E-state index is 0. The Morgan fingerprint density at radius 2 is 2.00 bits per heavy atom. The van der Waals surface area contributed by atoms with Gasteiger partial charge in [-0.15, -0.1) is 12.4 Å². The van der Waals surface area contributed by atoms with Gasteiger partial charge in [0.2, 0.25) is 10.0 Å². The lowest BCUT2D eigenvalue weighted by molar-refractivity contribution is 0.0783. The van der Waals surface area contributed by atoms with E-state index in [0.717, 1.165) is 13.0 Å². The second-order valence-corrected chi connectivity index (χ2v) is 8.35. The number of carbonyl (C=O) groups excluding carboxylic acids is 1. The number of likely N-dealkylation sites (tertiary alicyclic amines) is 1. The maximum Gasteiger partial charge on any atom is 0.257 e. The van der Waals surface area contributed by atoms with Crippen LogP contribution in [0.3, 0.4) is 0 Å². The smallest absolute Gasteiger partial charge is 0.257 e. The number of hydrogen-bond acceptors (Lipinski definition) is 5. The average Bonchev–Trinajstić information content (AvgIpc) is 3.10. The third-order valence-electron chi connectivity index (χ3n) is 4.81. The number of sulfonamides is 1. The van der Waals surface area contributed by atoms with Crippen LogP contribution in [0.25, 0.3) is 0 Å². The van der Waals surface area contributed by atoms with Crippen molar-refractivity contribution in [1.82, 2.24) is 14.5 Å². The first kappa shape index (κ1) is 23.7. The molecule has 7 nitrogen and oxygen atoms in total.